The van der Waals surface area contributed by atoms with Crippen LogP contribution in [-0.4, -0.2) is 51.3 Å². The number of nitrogens with zero attached hydrogens (tertiary/aromatic N) is 5. The highest BCUT2D eigenvalue weighted by Gasteiger charge is 2.44. The molecule has 1 amide bonds. The predicted octanol–water partition coefficient (Wildman–Crippen LogP) is 6.78. The number of rotatable bonds is 3. The lowest BCUT2D eigenvalue weighted by atomic mass is 9.70. The van der Waals surface area contributed by atoms with Gasteiger partial charge in [-0.05, 0) is 55.9 Å². The SMILES string of the molecule is C=CC(=O)N1[C@H](C)CN(c2nc(=O)n3c4c(c(-c5ccc(F)c6sc(N)c(C#N)c56)c(C(F)(F)F)cc24)SCC2(CCC2)C3)C[C@@H]1C. The topological polar surface area (TPSA) is 108 Å². The van der Waals surface area contributed by atoms with Crippen molar-refractivity contribution in [1.29, 1.82) is 5.26 Å². The number of anilines is 2. The van der Waals surface area contributed by atoms with Crippen molar-refractivity contribution in [3.63, 3.8) is 0 Å². The van der Waals surface area contributed by atoms with E-state index in [1.807, 2.05) is 19.9 Å². The zero-order valence-corrected chi connectivity index (χ0v) is 27.2. The van der Waals surface area contributed by atoms with Crippen molar-refractivity contribution in [2.24, 2.45) is 5.41 Å². The molecule has 4 aromatic rings. The van der Waals surface area contributed by atoms with Crippen molar-refractivity contribution >= 4 is 60.8 Å². The molecule has 7 rings (SSSR count). The number of carbonyl (C=O) groups is 1. The number of thiophene rings is 1. The summed E-state index contributed by atoms with van der Waals surface area (Å²) in [7, 11) is 0. The van der Waals surface area contributed by atoms with Gasteiger partial charge >= 0.3 is 11.9 Å². The summed E-state index contributed by atoms with van der Waals surface area (Å²) in [4.78, 5) is 34.7. The number of aromatic nitrogens is 2. The van der Waals surface area contributed by atoms with Crippen LogP contribution in [0.3, 0.4) is 0 Å². The number of hydrogen-bond donors (Lipinski definition) is 1. The molecule has 14 heteroatoms. The van der Waals surface area contributed by atoms with Gasteiger partial charge in [0.05, 0.1) is 21.3 Å². The quantitative estimate of drug-likeness (QED) is 0.188. The minimum atomic E-state index is -4.87. The predicted molar refractivity (Wildman–Crippen MR) is 176 cm³/mol. The van der Waals surface area contributed by atoms with E-state index in [9.17, 15) is 14.9 Å². The van der Waals surface area contributed by atoms with Gasteiger partial charge in [-0.1, -0.05) is 19.1 Å². The number of nitriles is 1. The number of nitrogens with two attached hydrogens (primary N) is 1. The van der Waals surface area contributed by atoms with Crippen molar-refractivity contribution in [3.8, 4) is 17.2 Å². The van der Waals surface area contributed by atoms with Crippen LogP contribution in [0.1, 0.15) is 44.2 Å². The van der Waals surface area contributed by atoms with Gasteiger partial charge in [-0.2, -0.15) is 23.4 Å². The highest BCUT2D eigenvalue weighted by atomic mass is 32.2. The molecule has 0 unspecified atom stereocenters. The molecule has 1 spiro atoms. The largest absolute Gasteiger partial charge is 0.417 e. The molecule has 0 bridgehead atoms. The van der Waals surface area contributed by atoms with E-state index in [4.69, 9.17) is 5.73 Å². The maximum absolute atomic E-state index is 15.3. The third kappa shape index (κ3) is 4.80. The van der Waals surface area contributed by atoms with Gasteiger partial charge in [0.15, 0.2) is 0 Å². The van der Waals surface area contributed by atoms with Gasteiger partial charge in [0.2, 0.25) is 5.91 Å². The lowest BCUT2D eigenvalue weighted by molar-refractivity contribution is -0.137. The number of nitrogen functional groups attached to an aromatic ring is 1. The smallest absolute Gasteiger partial charge is 0.389 e. The van der Waals surface area contributed by atoms with E-state index in [0.29, 0.717) is 17.8 Å². The van der Waals surface area contributed by atoms with Gasteiger partial charge in [0.1, 0.15) is 22.7 Å². The molecule has 2 aromatic carbocycles. The summed E-state index contributed by atoms with van der Waals surface area (Å²) in [6.07, 6.45) is -1.05. The molecule has 1 aliphatic carbocycles. The second-order valence-corrected chi connectivity index (χ2v) is 14.8. The van der Waals surface area contributed by atoms with Gasteiger partial charge < -0.3 is 15.5 Å². The van der Waals surface area contributed by atoms with Crippen LogP contribution in [-0.2, 0) is 17.5 Å². The fourth-order valence-corrected chi connectivity index (χ4v) is 10.0. The number of thioether (sulfide) groups is 1. The molecule has 2 aromatic heterocycles. The van der Waals surface area contributed by atoms with Crippen LogP contribution in [0.4, 0.5) is 28.4 Å². The summed E-state index contributed by atoms with van der Waals surface area (Å²) in [6, 6.07) is 4.70. The van der Waals surface area contributed by atoms with Gasteiger partial charge in [-0.3, -0.25) is 9.36 Å². The Balaban J connectivity index is 1.57. The fourth-order valence-electron chi connectivity index (χ4n) is 7.54. The zero-order valence-electron chi connectivity index (χ0n) is 25.6. The minimum absolute atomic E-state index is 0.00576. The molecule has 47 heavy (non-hydrogen) atoms. The summed E-state index contributed by atoms with van der Waals surface area (Å²) < 4.78 is 62.6. The molecule has 2 fully saturated rings. The number of benzene rings is 2. The Morgan fingerprint density at radius 1 is 1.23 bits per heavy atom. The summed E-state index contributed by atoms with van der Waals surface area (Å²) in [5.74, 6) is -0.349. The second kappa shape index (κ2) is 11.0. The number of fused-ring (bicyclic) bond motifs is 1. The van der Waals surface area contributed by atoms with Crippen LogP contribution in [0.2, 0.25) is 0 Å². The standard InChI is InChI=1S/C33H30F4N6O2S2/c1-4-23(44)43-16(2)12-41(13-17(43)3)30-19-10-21(33(35,36)37)25(18-6-7-22(34)27-24(18)20(11-38)29(39)47-27)28-26(19)42(31(45)40-30)14-32(15-46-28)8-5-9-32/h4,6-7,10,16-17H,1,5,8-9,12-15,39H2,2-3H3/t16-,17+. The Morgan fingerprint density at radius 3 is 2.53 bits per heavy atom. The van der Waals surface area contributed by atoms with E-state index in [1.165, 1.54) is 28.5 Å². The van der Waals surface area contributed by atoms with Gasteiger partial charge in [0, 0.05) is 58.7 Å². The molecular weight excluding hydrogens is 653 g/mol. The van der Waals surface area contributed by atoms with Gasteiger partial charge in [-0.25, -0.2) is 9.18 Å². The average molecular weight is 683 g/mol. The van der Waals surface area contributed by atoms with E-state index in [1.54, 1.807) is 9.80 Å². The Morgan fingerprint density at radius 2 is 1.94 bits per heavy atom. The van der Waals surface area contributed by atoms with Gasteiger partial charge in [0.25, 0.3) is 0 Å². The van der Waals surface area contributed by atoms with E-state index in [-0.39, 0.29) is 84.4 Å². The lowest BCUT2D eigenvalue weighted by Crippen LogP contribution is -2.58. The first-order valence-corrected chi connectivity index (χ1v) is 17.0. The first-order valence-electron chi connectivity index (χ1n) is 15.2. The first kappa shape index (κ1) is 31.5. The Hall–Kier alpha value is -4.09. The Kier molecular flexibility index (Phi) is 7.36. The van der Waals surface area contributed by atoms with Crippen LogP contribution < -0.4 is 16.3 Å². The van der Waals surface area contributed by atoms with E-state index >= 15 is 17.6 Å². The third-order valence-electron chi connectivity index (χ3n) is 9.78. The first-order chi connectivity index (χ1) is 22.3. The van der Waals surface area contributed by atoms with Crippen molar-refractivity contribution in [1.82, 2.24) is 14.5 Å². The lowest BCUT2D eigenvalue weighted by Gasteiger charge is -2.45. The fraction of sp³-hybridized carbons (Fsp3) is 0.394. The highest BCUT2D eigenvalue weighted by molar-refractivity contribution is 7.99. The summed E-state index contributed by atoms with van der Waals surface area (Å²) in [5.41, 5.74) is 4.31. The molecule has 0 radical (unpaired) electrons. The Bertz CT molecular complexity index is 2100. The number of alkyl halides is 3. The van der Waals surface area contributed by atoms with E-state index < -0.39 is 23.2 Å². The van der Waals surface area contributed by atoms with Crippen molar-refractivity contribution < 1.29 is 22.4 Å². The molecule has 244 valence electrons. The van der Waals surface area contributed by atoms with Crippen LogP contribution in [0.25, 0.3) is 32.1 Å². The summed E-state index contributed by atoms with van der Waals surface area (Å²) in [5, 5.41) is 10.2. The second-order valence-electron chi connectivity index (χ2n) is 12.8. The highest BCUT2D eigenvalue weighted by Crippen LogP contribution is 2.55. The van der Waals surface area contributed by atoms with Crippen LogP contribution in [0.15, 0.2) is 40.5 Å². The minimum Gasteiger partial charge on any atom is -0.389 e. The van der Waals surface area contributed by atoms with E-state index in [2.05, 4.69) is 11.6 Å². The maximum Gasteiger partial charge on any atom is 0.417 e. The number of hydrogen-bond acceptors (Lipinski definition) is 8. The summed E-state index contributed by atoms with van der Waals surface area (Å²) in [6.45, 7) is 8.05. The number of amides is 1. The summed E-state index contributed by atoms with van der Waals surface area (Å²) >= 11 is 2.08. The monoisotopic (exact) mass is 682 g/mol. The molecule has 2 N–H and O–H groups in total. The van der Waals surface area contributed by atoms with Gasteiger partial charge in [-0.15, -0.1) is 23.1 Å². The number of halogens is 4. The molecule has 1 saturated heterocycles. The zero-order chi connectivity index (χ0) is 33.6. The molecule has 2 atom stereocenters. The molecule has 3 aliphatic rings. The average Bonchev–Trinajstić information content (AvgIpc) is 3.22. The van der Waals surface area contributed by atoms with Crippen LogP contribution >= 0.6 is 23.1 Å². The molecule has 4 heterocycles. The van der Waals surface area contributed by atoms with Crippen molar-refractivity contribution in [3.05, 3.63) is 58.3 Å². The van der Waals surface area contributed by atoms with Crippen molar-refractivity contribution in [2.45, 2.75) is 62.8 Å². The van der Waals surface area contributed by atoms with Crippen molar-refractivity contribution in [2.75, 3.05) is 29.5 Å². The number of piperazine rings is 1. The maximum atomic E-state index is 15.3. The third-order valence-corrected chi connectivity index (χ3v) is 12.3. The molecule has 8 nitrogen and oxygen atoms in total. The Labute approximate surface area is 275 Å². The van der Waals surface area contributed by atoms with E-state index in [0.717, 1.165) is 42.7 Å². The normalized spacial score (nSPS) is 20.7. The molecular formula is C33H30F4N6O2S2. The van der Waals surface area contributed by atoms with Crippen LogP contribution in [0.5, 0.6) is 0 Å². The van der Waals surface area contributed by atoms with Crippen LogP contribution in [0, 0.1) is 22.6 Å². The molecule has 1 saturated carbocycles. The number of carbonyl (C=O) groups excluding carboxylic acids is 1. The molecule has 2 aliphatic heterocycles.